The van der Waals surface area contributed by atoms with Gasteiger partial charge in [-0.1, -0.05) is 124 Å². The number of aliphatic hydroxyl groups excluding tert-OH is 2. The minimum absolute atomic E-state index is 0.0432. The van der Waals surface area contributed by atoms with Gasteiger partial charge in [-0.25, -0.2) is 9.59 Å². The molecule has 4 saturated heterocycles. The average molecular weight is 1360 g/mol. The number of fused-ring (bicyclic) bond motifs is 1. The molecule has 0 aromatic heterocycles. The molecule has 2 N–H and O–H groups in total. The van der Waals surface area contributed by atoms with Crippen LogP contribution in [0.2, 0.25) is 54.4 Å². The summed E-state index contributed by atoms with van der Waals surface area (Å²) in [6.07, 6.45) is -0.526. The van der Waals surface area contributed by atoms with Crippen molar-refractivity contribution in [1.29, 1.82) is 0 Å². The van der Waals surface area contributed by atoms with Gasteiger partial charge in [-0.3, -0.25) is 4.79 Å². The Morgan fingerprint density at radius 2 is 1.34 bits per heavy atom. The molecule has 94 heavy (non-hydrogen) atoms. The molecule has 0 bridgehead atoms. The second-order valence-electron chi connectivity index (χ2n) is 29.7. The van der Waals surface area contributed by atoms with E-state index in [1.807, 2.05) is 12.2 Å². The molecule has 2 aromatic carbocycles. The van der Waals surface area contributed by atoms with Gasteiger partial charge in [0.05, 0.1) is 66.1 Å². The Morgan fingerprint density at radius 3 is 1.91 bits per heavy atom. The van der Waals surface area contributed by atoms with E-state index in [1.165, 1.54) is 14.2 Å². The van der Waals surface area contributed by atoms with Crippen molar-refractivity contribution in [3.05, 3.63) is 114 Å². The molecule has 6 rings (SSSR count). The van der Waals surface area contributed by atoms with Crippen molar-refractivity contribution in [3.8, 4) is 0 Å². The van der Waals surface area contributed by atoms with E-state index in [2.05, 4.69) is 114 Å². The highest BCUT2D eigenvalue weighted by Gasteiger charge is 2.56. The van der Waals surface area contributed by atoms with Gasteiger partial charge in [-0.2, -0.15) is 0 Å². The lowest BCUT2D eigenvalue weighted by Gasteiger charge is -2.53. The number of aliphatic hydroxyl groups is 2. The Morgan fingerprint density at radius 1 is 0.723 bits per heavy atom. The topological polar surface area (TPSA) is 202 Å². The van der Waals surface area contributed by atoms with Crippen molar-refractivity contribution < 1.29 is 80.5 Å². The largest absolute Gasteiger partial charge is 0.458 e. The van der Waals surface area contributed by atoms with Crippen LogP contribution in [0.3, 0.4) is 0 Å². The summed E-state index contributed by atoms with van der Waals surface area (Å²) in [5, 5.41) is 24.3. The van der Waals surface area contributed by atoms with E-state index in [-0.39, 0.29) is 66.5 Å². The fourth-order valence-electron chi connectivity index (χ4n) is 13.0. The monoisotopic (exact) mass is 1360 g/mol. The first kappa shape index (κ1) is 79.2. The molecule has 16 atom stereocenters. The SMILES string of the molecule is C=C=C(C)CC(CCC1OC(CCC(O)/C=C/[C@H](O[Si](C)(C)C(C)(C)C)[C@@H]2O[C@H]3CC[C@H](CC(=O)C[C@H]4[C@H](CC(OC)OC)OC(C[C@H](COC(=O)c5ccccc5)OC(=O)c5ccccc5)[C@@H]4OC)O[C@@H]3[C@H](O)C2O[Si](C)(C)C(C)(C)C)CC1=C)O[Si](CC)(CC)CC. The number of rotatable bonds is 36. The van der Waals surface area contributed by atoms with Crippen molar-refractivity contribution in [2.24, 2.45) is 5.92 Å². The van der Waals surface area contributed by atoms with Gasteiger partial charge in [0.1, 0.15) is 42.9 Å². The van der Waals surface area contributed by atoms with Gasteiger partial charge >= 0.3 is 11.9 Å². The van der Waals surface area contributed by atoms with Crippen LogP contribution in [0.15, 0.2) is 103 Å². The first-order chi connectivity index (χ1) is 44.3. The highest BCUT2D eigenvalue weighted by atomic mass is 28.4. The van der Waals surface area contributed by atoms with Crippen LogP contribution < -0.4 is 0 Å². The van der Waals surface area contributed by atoms with E-state index in [9.17, 15) is 24.6 Å². The highest BCUT2D eigenvalue weighted by molar-refractivity contribution is 6.74. The van der Waals surface area contributed by atoms with Crippen LogP contribution in [0.25, 0.3) is 0 Å². The molecular weight excluding hydrogens is 1250 g/mol. The van der Waals surface area contributed by atoms with E-state index >= 15 is 0 Å². The lowest BCUT2D eigenvalue weighted by atomic mass is 9.84. The fraction of sp³-hybridized carbons (Fsp3) is 0.703. The normalized spacial score (nSPS) is 26.8. The number of carbonyl (C=O) groups excluding carboxylic acids is 3. The number of hydrogen-bond donors (Lipinski definition) is 2. The van der Waals surface area contributed by atoms with Crippen molar-refractivity contribution in [2.45, 2.75) is 299 Å². The number of hydrogen-bond acceptors (Lipinski definition) is 17. The third kappa shape index (κ3) is 21.9. The summed E-state index contributed by atoms with van der Waals surface area (Å²) in [7, 11) is -2.43. The van der Waals surface area contributed by atoms with Gasteiger partial charge < -0.3 is 66.1 Å². The Labute approximate surface area is 566 Å². The molecule has 0 amide bonds. The number of methoxy groups -OCH3 is 3. The van der Waals surface area contributed by atoms with Crippen LogP contribution in [0.4, 0.5) is 0 Å². The Balaban J connectivity index is 1.17. The number of ether oxygens (including phenoxy) is 9. The minimum Gasteiger partial charge on any atom is -0.458 e. The van der Waals surface area contributed by atoms with Crippen LogP contribution in [0, 0.1) is 5.92 Å². The van der Waals surface area contributed by atoms with E-state index < -0.39 is 122 Å². The first-order valence-electron chi connectivity index (χ1n) is 34.7. The van der Waals surface area contributed by atoms with Crippen LogP contribution >= 0.6 is 0 Å². The maximum atomic E-state index is 14.7. The standard InChI is InChI=1S/C74H118O17Si3/c1-20-49(5)42-57(89-94(21-2,22-3)23-4)38-40-60-50(6)43-55(84-60)36-34-53(75)35-39-62(90-92(16,17)73(7,8)9)69-70(91-93(18,19)74(10,11)12)66(77)68-61(88-69)41-37-56(85-68)44-54(76)45-59-63(47-65(80-13)81-14)87-64(67(59)82-15)46-58(86-72(79)52-32-28-25-29-33-52)48-83-71(78)51-30-26-24-27-31-51/h24-33,35,39,53,55-70,75,77H,1,6,21-23,34,36-38,40-48H2,2-5,7-19H3/b39-35+/t53?,55?,56-,57?,58-,59+,60?,61+,62+,63+,64?,66+,67-,68+,69+,70?/m1/s1. The summed E-state index contributed by atoms with van der Waals surface area (Å²) in [5.74, 6) is -1.77. The maximum Gasteiger partial charge on any atom is 0.338 e. The molecule has 0 saturated carbocycles. The molecule has 4 fully saturated rings. The van der Waals surface area contributed by atoms with Gasteiger partial charge in [0.15, 0.2) is 31.2 Å². The smallest absolute Gasteiger partial charge is 0.338 e. The number of carbonyl (C=O) groups is 3. The van der Waals surface area contributed by atoms with E-state index in [0.717, 1.165) is 55.0 Å². The predicted molar refractivity (Wildman–Crippen MR) is 374 cm³/mol. The summed E-state index contributed by atoms with van der Waals surface area (Å²) in [4.78, 5) is 41.4. The Bertz CT molecular complexity index is 2760. The van der Waals surface area contributed by atoms with Crippen molar-refractivity contribution in [3.63, 3.8) is 0 Å². The van der Waals surface area contributed by atoms with Crippen LogP contribution in [-0.2, 0) is 60.7 Å². The Kier molecular flexibility index (Phi) is 30.2. The third-order valence-corrected chi connectivity index (χ3v) is 34.8. The maximum absolute atomic E-state index is 14.7. The van der Waals surface area contributed by atoms with Crippen molar-refractivity contribution in [1.82, 2.24) is 0 Å². The second-order valence-corrected chi connectivity index (χ2v) is 44.0. The zero-order valence-corrected chi connectivity index (χ0v) is 63.0. The summed E-state index contributed by atoms with van der Waals surface area (Å²) >= 11 is 0. The summed E-state index contributed by atoms with van der Waals surface area (Å²) < 4.78 is 78.4. The zero-order chi connectivity index (χ0) is 69.3. The molecule has 6 unspecified atom stereocenters. The average Bonchev–Trinajstić information content (AvgIpc) is 0.945. The molecule has 17 nitrogen and oxygen atoms in total. The number of esters is 2. The predicted octanol–water partition coefficient (Wildman–Crippen LogP) is 14.4. The van der Waals surface area contributed by atoms with Crippen LogP contribution in [0.5, 0.6) is 0 Å². The van der Waals surface area contributed by atoms with Gasteiger partial charge in [0.25, 0.3) is 0 Å². The molecule has 4 aliphatic rings. The first-order valence-corrected chi connectivity index (χ1v) is 43.0. The third-order valence-electron chi connectivity index (χ3n) is 21.1. The summed E-state index contributed by atoms with van der Waals surface area (Å²) in [6, 6.07) is 20.4. The molecule has 0 radical (unpaired) electrons. The lowest BCUT2D eigenvalue weighted by Crippen LogP contribution is -2.67. The molecule has 2 aromatic rings. The summed E-state index contributed by atoms with van der Waals surface area (Å²) in [5.41, 5.74) is 5.94. The van der Waals surface area contributed by atoms with Gasteiger partial charge in [0.2, 0.25) is 0 Å². The molecule has 0 aliphatic carbocycles. The zero-order valence-electron chi connectivity index (χ0n) is 60.0. The molecule has 0 spiro atoms. The molecule has 4 heterocycles. The highest BCUT2D eigenvalue weighted by Crippen LogP contribution is 2.46. The number of Topliss-reactive ketones (excluding diaryl/α,β-unsaturated/α-hetero) is 1. The molecule has 20 heteroatoms. The minimum atomic E-state index is -2.65. The fourth-order valence-corrected chi connectivity index (χ4v) is 18.5. The van der Waals surface area contributed by atoms with E-state index in [1.54, 1.807) is 67.8 Å². The lowest BCUT2D eigenvalue weighted by molar-refractivity contribution is -0.269. The van der Waals surface area contributed by atoms with E-state index in [4.69, 9.17) is 55.9 Å². The van der Waals surface area contributed by atoms with Crippen LogP contribution in [0.1, 0.15) is 167 Å². The van der Waals surface area contributed by atoms with Gasteiger partial charge in [-0.05, 0) is 142 Å². The van der Waals surface area contributed by atoms with Crippen LogP contribution in [-0.4, -0.2) is 179 Å². The van der Waals surface area contributed by atoms with Gasteiger partial charge in [-0.15, -0.1) is 5.73 Å². The van der Waals surface area contributed by atoms with E-state index in [0.29, 0.717) is 36.8 Å². The Hall–Kier alpha value is -3.78. The number of benzene rings is 2. The molecule has 528 valence electrons. The van der Waals surface area contributed by atoms with Crippen molar-refractivity contribution in [2.75, 3.05) is 27.9 Å². The second kappa shape index (κ2) is 35.8. The molecule has 4 aliphatic heterocycles. The van der Waals surface area contributed by atoms with Crippen molar-refractivity contribution >= 4 is 42.7 Å². The van der Waals surface area contributed by atoms with Gasteiger partial charge in [0, 0.05) is 65.5 Å². The molecular formula is C74H118O17Si3. The quantitative estimate of drug-likeness (QED) is 0.0214. The summed E-state index contributed by atoms with van der Waals surface area (Å²) in [6.45, 7) is 38.7. The number of ketones is 1.